The number of thioether (sulfide) groups is 1. The second-order valence-electron chi connectivity index (χ2n) is 7.70. The van der Waals surface area contributed by atoms with E-state index < -0.39 is 0 Å². The highest BCUT2D eigenvalue weighted by atomic mass is 35.5. The second-order valence-corrected chi connectivity index (χ2v) is 10.3. The number of rotatable bonds is 6. The summed E-state index contributed by atoms with van der Waals surface area (Å²) in [5.41, 5.74) is 3.62. The van der Waals surface area contributed by atoms with E-state index in [1.165, 1.54) is 20.7 Å². The number of anilines is 1. The molecule has 7 heteroatoms. The number of aryl methyl sites for hydroxylation is 2. The van der Waals surface area contributed by atoms with Gasteiger partial charge in [-0.2, -0.15) is 0 Å². The van der Waals surface area contributed by atoms with Crippen LogP contribution in [0.5, 0.6) is 0 Å². The third-order valence-electron chi connectivity index (χ3n) is 5.34. The number of thiazole rings is 1. The first-order valence-electron chi connectivity index (χ1n) is 10.3. The molecule has 0 N–H and O–H groups in total. The van der Waals surface area contributed by atoms with Crippen LogP contribution < -0.4 is 4.90 Å². The molecule has 1 amide bonds. The molecular formula is C23H26ClN3OS2. The van der Waals surface area contributed by atoms with Crippen molar-refractivity contribution < 1.29 is 4.79 Å². The van der Waals surface area contributed by atoms with Gasteiger partial charge in [-0.1, -0.05) is 29.0 Å². The van der Waals surface area contributed by atoms with Gasteiger partial charge in [0.1, 0.15) is 0 Å². The molecule has 0 aliphatic carbocycles. The van der Waals surface area contributed by atoms with Crippen LogP contribution >= 0.6 is 34.7 Å². The zero-order chi connectivity index (χ0) is 21.1. The number of piperazine rings is 1. The van der Waals surface area contributed by atoms with Crippen molar-refractivity contribution in [3.63, 3.8) is 0 Å². The summed E-state index contributed by atoms with van der Waals surface area (Å²) in [7, 11) is 0. The first-order valence-corrected chi connectivity index (χ1v) is 12.5. The Balaban J connectivity index is 1.24. The largest absolute Gasteiger partial charge is 0.345 e. The van der Waals surface area contributed by atoms with Gasteiger partial charge in [0, 0.05) is 42.5 Å². The van der Waals surface area contributed by atoms with Crippen molar-refractivity contribution in [3.8, 4) is 0 Å². The predicted octanol–water partition coefficient (Wildman–Crippen LogP) is 5.79. The van der Waals surface area contributed by atoms with Crippen LogP contribution in [0.3, 0.4) is 0 Å². The van der Waals surface area contributed by atoms with Crippen molar-refractivity contribution in [2.75, 3.05) is 36.8 Å². The summed E-state index contributed by atoms with van der Waals surface area (Å²) in [5.74, 6) is 1.21. The first kappa shape index (κ1) is 21.5. The van der Waals surface area contributed by atoms with Crippen LogP contribution in [0.15, 0.2) is 41.3 Å². The minimum Gasteiger partial charge on any atom is -0.345 e. The van der Waals surface area contributed by atoms with Crippen molar-refractivity contribution in [1.29, 1.82) is 0 Å². The van der Waals surface area contributed by atoms with Crippen LogP contribution in [0.4, 0.5) is 5.13 Å². The Morgan fingerprint density at radius 3 is 2.60 bits per heavy atom. The van der Waals surface area contributed by atoms with Gasteiger partial charge < -0.3 is 9.80 Å². The molecule has 1 aliphatic heterocycles. The van der Waals surface area contributed by atoms with Crippen LogP contribution in [0.2, 0.25) is 5.02 Å². The third kappa shape index (κ3) is 5.10. The molecule has 2 heterocycles. The maximum atomic E-state index is 12.6. The Bertz CT molecular complexity index is 1030. The Hall–Kier alpha value is -1.76. The molecule has 1 aromatic heterocycles. The number of halogens is 1. The lowest BCUT2D eigenvalue weighted by atomic mass is 10.1. The van der Waals surface area contributed by atoms with Gasteiger partial charge in [0.05, 0.1) is 10.2 Å². The lowest BCUT2D eigenvalue weighted by Crippen LogP contribution is -2.48. The van der Waals surface area contributed by atoms with Crippen LogP contribution in [-0.4, -0.2) is 47.7 Å². The molecule has 0 unspecified atom stereocenters. The minimum absolute atomic E-state index is 0.266. The second kappa shape index (κ2) is 9.58. The summed E-state index contributed by atoms with van der Waals surface area (Å²) in [6, 6.07) is 12.3. The van der Waals surface area contributed by atoms with Gasteiger partial charge in [-0.15, -0.1) is 11.8 Å². The molecule has 0 spiro atoms. The number of fused-ring (bicyclic) bond motifs is 1. The zero-order valence-corrected chi connectivity index (χ0v) is 19.7. The lowest BCUT2D eigenvalue weighted by molar-refractivity contribution is -0.131. The van der Waals surface area contributed by atoms with Gasteiger partial charge in [-0.3, -0.25) is 4.79 Å². The Morgan fingerprint density at radius 1 is 1.13 bits per heavy atom. The van der Waals surface area contributed by atoms with Gasteiger partial charge in [-0.05, 0) is 67.5 Å². The van der Waals surface area contributed by atoms with Crippen LogP contribution in [0.1, 0.15) is 24.0 Å². The summed E-state index contributed by atoms with van der Waals surface area (Å²) in [6.07, 6.45) is 1.50. The molecule has 3 aromatic rings. The monoisotopic (exact) mass is 459 g/mol. The molecular weight excluding hydrogens is 434 g/mol. The Kier molecular flexibility index (Phi) is 6.86. The molecule has 0 radical (unpaired) electrons. The highest BCUT2D eigenvalue weighted by molar-refractivity contribution is 7.99. The summed E-state index contributed by atoms with van der Waals surface area (Å²) < 4.78 is 1.25. The highest BCUT2D eigenvalue weighted by Gasteiger charge is 2.23. The van der Waals surface area contributed by atoms with Crippen molar-refractivity contribution in [1.82, 2.24) is 9.88 Å². The summed E-state index contributed by atoms with van der Waals surface area (Å²) in [4.78, 5) is 23.0. The minimum atomic E-state index is 0.266. The van der Waals surface area contributed by atoms with E-state index in [9.17, 15) is 4.79 Å². The molecule has 0 bridgehead atoms. The van der Waals surface area contributed by atoms with E-state index in [0.717, 1.165) is 54.0 Å². The maximum Gasteiger partial charge on any atom is 0.222 e. The lowest BCUT2D eigenvalue weighted by Gasteiger charge is -2.34. The molecule has 158 valence electrons. The van der Waals surface area contributed by atoms with E-state index in [4.69, 9.17) is 16.6 Å². The fraction of sp³-hybridized carbons (Fsp3) is 0.391. The fourth-order valence-electron chi connectivity index (χ4n) is 3.74. The standard InChI is InChI=1S/C23H26ClN3OS2/c1-16-14-17(2)22-20(15-16)30-23(25-22)27-11-9-26(10-12-27)21(28)4-3-13-29-19-7-5-18(24)6-8-19/h5-8,14-15H,3-4,9-13H2,1-2H3. The molecule has 4 nitrogen and oxygen atoms in total. The number of hydrogen-bond donors (Lipinski definition) is 0. The number of hydrogen-bond acceptors (Lipinski definition) is 5. The molecule has 0 atom stereocenters. The van der Waals surface area contributed by atoms with Crippen LogP contribution in [-0.2, 0) is 4.79 Å². The zero-order valence-electron chi connectivity index (χ0n) is 17.4. The van der Waals surface area contributed by atoms with Gasteiger partial charge in [0.15, 0.2) is 5.13 Å². The van der Waals surface area contributed by atoms with E-state index in [-0.39, 0.29) is 5.91 Å². The van der Waals surface area contributed by atoms with Gasteiger partial charge in [0.25, 0.3) is 0 Å². The number of amides is 1. The van der Waals surface area contributed by atoms with Gasteiger partial charge >= 0.3 is 0 Å². The average molecular weight is 460 g/mol. The number of benzene rings is 2. The molecule has 2 aromatic carbocycles. The topological polar surface area (TPSA) is 36.4 Å². The number of nitrogens with zero attached hydrogens (tertiary/aromatic N) is 3. The molecule has 4 rings (SSSR count). The maximum absolute atomic E-state index is 12.6. The summed E-state index contributed by atoms with van der Waals surface area (Å²) >= 11 is 9.45. The van der Waals surface area contributed by atoms with E-state index in [1.807, 2.05) is 29.2 Å². The van der Waals surface area contributed by atoms with E-state index in [2.05, 4.69) is 30.9 Å². The van der Waals surface area contributed by atoms with Gasteiger partial charge in [0.2, 0.25) is 5.91 Å². The Morgan fingerprint density at radius 2 is 1.87 bits per heavy atom. The summed E-state index contributed by atoms with van der Waals surface area (Å²) in [6.45, 7) is 7.51. The summed E-state index contributed by atoms with van der Waals surface area (Å²) in [5, 5.41) is 1.83. The molecule has 30 heavy (non-hydrogen) atoms. The highest BCUT2D eigenvalue weighted by Crippen LogP contribution is 2.32. The van der Waals surface area contributed by atoms with Crippen LogP contribution in [0, 0.1) is 13.8 Å². The molecule has 0 saturated carbocycles. The number of aromatic nitrogens is 1. The van der Waals surface area contributed by atoms with Crippen LogP contribution in [0.25, 0.3) is 10.2 Å². The van der Waals surface area contributed by atoms with Crippen molar-refractivity contribution in [2.45, 2.75) is 31.6 Å². The average Bonchev–Trinajstić information content (AvgIpc) is 3.17. The normalized spacial score (nSPS) is 14.5. The third-order valence-corrected chi connectivity index (χ3v) is 7.75. The van der Waals surface area contributed by atoms with Crippen molar-refractivity contribution >= 4 is 56.0 Å². The van der Waals surface area contributed by atoms with E-state index >= 15 is 0 Å². The molecule has 1 fully saturated rings. The van der Waals surface area contributed by atoms with E-state index in [0.29, 0.717) is 6.42 Å². The predicted molar refractivity (Wildman–Crippen MR) is 129 cm³/mol. The molecule has 1 saturated heterocycles. The van der Waals surface area contributed by atoms with E-state index in [1.54, 1.807) is 23.1 Å². The number of carbonyl (C=O) groups excluding carboxylic acids is 1. The quantitative estimate of drug-likeness (QED) is 0.345. The van der Waals surface area contributed by atoms with Gasteiger partial charge in [-0.25, -0.2) is 4.98 Å². The van der Waals surface area contributed by atoms with Crippen molar-refractivity contribution in [3.05, 3.63) is 52.5 Å². The fourth-order valence-corrected chi connectivity index (χ4v) is 5.92. The van der Waals surface area contributed by atoms with Crippen molar-refractivity contribution in [2.24, 2.45) is 0 Å². The SMILES string of the molecule is Cc1cc(C)c2nc(N3CCN(C(=O)CCCSc4ccc(Cl)cc4)CC3)sc2c1. The smallest absolute Gasteiger partial charge is 0.222 e. The molecule has 1 aliphatic rings. The Labute approximate surface area is 191 Å². The number of carbonyl (C=O) groups is 1. The first-order chi connectivity index (χ1) is 14.5.